The number of anilines is 1. The quantitative estimate of drug-likeness (QED) is 0.368. The zero-order chi connectivity index (χ0) is 21.1. The van der Waals surface area contributed by atoms with Crippen LogP contribution in [0.3, 0.4) is 0 Å². The van der Waals surface area contributed by atoms with Gasteiger partial charge in [0.25, 0.3) is 5.91 Å². The number of ether oxygens (including phenoxy) is 3. The monoisotopic (exact) mass is 416 g/mol. The predicted molar refractivity (Wildman–Crippen MR) is 115 cm³/mol. The smallest absolute Gasteiger partial charge is 0.338 e. The second kappa shape index (κ2) is 11.8. The molecule has 1 amide bonds. The van der Waals surface area contributed by atoms with Crippen molar-refractivity contribution in [1.29, 1.82) is 0 Å². The lowest BCUT2D eigenvalue weighted by Crippen LogP contribution is -2.34. The average molecular weight is 416 g/mol. The van der Waals surface area contributed by atoms with Crippen molar-refractivity contribution in [3.05, 3.63) is 59.7 Å². The van der Waals surface area contributed by atoms with Crippen molar-refractivity contribution in [3.8, 4) is 5.75 Å². The fourth-order valence-corrected chi connectivity index (χ4v) is 2.46. The molecule has 0 aliphatic heterocycles. The van der Waals surface area contributed by atoms with Crippen molar-refractivity contribution < 1.29 is 23.8 Å². The summed E-state index contributed by atoms with van der Waals surface area (Å²) in [5.41, 5.74) is 1.54. The molecule has 0 saturated carbocycles. The van der Waals surface area contributed by atoms with Crippen LogP contribution in [0.15, 0.2) is 48.5 Å². The van der Waals surface area contributed by atoms with Gasteiger partial charge in [-0.1, -0.05) is 6.92 Å². The van der Waals surface area contributed by atoms with E-state index in [1.807, 2.05) is 6.92 Å². The lowest BCUT2D eigenvalue weighted by molar-refractivity contribution is 0.0505. The highest BCUT2D eigenvalue weighted by atomic mass is 32.1. The summed E-state index contributed by atoms with van der Waals surface area (Å²) >= 11 is 5.18. The van der Waals surface area contributed by atoms with Crippen LogP contribution in [-0.4, -0.2) is 43.9 Å². The molecule has 8 heteroatoms. The van der Waals surface area contributed by atoms with Gasteiger partial charge in [0.05, 0.1) is 18.8 Å². The van der Waals surface area contributed by atoms with Gasteiger partial charge in [-0.2, -0.15) is 0 Å². The number of rotatable bonds is 9. The second-order valence-corrected chi connectivity index (χ2v) is 6.40. The largest absolute Gasteiger partial charge is 0.491 e. The summed E-state index contributed by atoms with van der Waals surface area (Å²) in [5.74, 6) is -0.0634. The number of amides is 1. The third-order valence-corrected chi connectivity index (χ3v) is 3.92. The fourth-order valence-electron chi connectivity index (χ4n) is 2.25. The maximum Gasteiger partial charge on any atom is 0.338 e. The van der Waals surface area contributed by atoms with Crippen LogP contribution in [0.1, 0.15) is 34.1 Å². The Hall–Kier alpha value is -2.97. The van der Waals surface area contributed by atoms with Gasteiger partial charge in [-0.15, -0.1) is 0 Å². The maximum atomic E-state index is 12.3. The standard InChI is InChI=1S/C21H24N2O5S/c1-3-12-28-20(25)16-4-8-17(9-5-16)22-21(29)23-19(24)15-6-10-18(11-7-15)27-14-13-26-2/h4-11H,3,12-14H2,1-2H3,(H2,22,23,24,29). The fraction of sp³-hybridized carbons (Fsp3) is 0.286. The Balaban J connectivity index is 1.85. The number of carbonyl (C=O) groups is 2. The minimum atomic E-state index is -0.371. The highest BCUT2D eigenvalue weighted by Gasteiger charge is 2.10. The van der Waals surface area contributed by atoms with Crippen molar-refractivity contribution >= 4 is 34.9 Å². The van der Waals surface area contributed by atoms with Crippen molar-refractivity contribution in [2.45, 2.75) is 13.3 Å². The van der Waals surface area contributed by atoms with E-state index in [2.05, 4.69) is 10.6 Å². The van der Waals surface area contributed by atoms with Gasteiger partial charge in [-0.05, 0) is 67.2 Å². The van der Waals surface area contributed by atoms with E-state index in [1.54, 1.807) is 55.6 Å². The molecule has 29 heavy (non-hydrogen) atoms. The SMILES string of the molecule is CCCOC(=O)c1ccc(NC(=S)NC(=O)c2ccc(OCCOC)cc2)cc1. The van der Waals surface area contributed by atoms with E-state index < -0.39 is 0 Å². The molecule has 2 aromatic rings. The van der Waals surface area contributed by atoms with Crippen molar-refractivity contribution in [3.63, 3.8) is 0 Å². The normalized spacial score (nSPS) is 10.1. The Bertz CT molecular complexity index is 822. The van der Waals surface area contributed by atoms with Gasteiger partial charge in [0.1, 0.15) is 12.4 Å². The van der Waals surface area contributed by atoms with Crippen LogP contribution >= 0.6 is 12.2 Å². The number of benzene rings is 2. The number of thiocarbonyl (C=S) groups is 1. The van der Waals surface area contributed by atoms with Crippen molar-refractivity contribution in [2.24, 2.45) is 0 Å². The molecule has 7 nitrogen and oxygen atoms in total. The molecule has 0 bridgehead atoms. The van der Waals surface area contributed by atoms with E-state index in [1.165, 1.54) is 0 Å². The lowest BCUT2D eigenvalue weighted by atomic mass is 10.2. The highest BCUT2D eigenvalue weighted by molar-refractivity contribution is 7.80. The van der Waals surface area contributed by atoms with Crippen LogP contribution in [-0.2, 0) is 9.47 Å². The minimum Gasteiger partial charge on any atom is -0.491 e. The summed E-state index contributed by atoms with van der Waals surface area (Å²) in [6.07, 6.45) is 0.767. The first-order chi connectivity index (χ1) is 14.0. The number of esters is 1. The van der Waals surface area contributed by atoms with Crippen LogP contribution in [0, 0.1) is 0 Å². The van der Waals surface area contributed by atoms with Crippen LogP contribution in [0.5, 0.6) is 5.75 Å². The molecule has 0 unspecified atom stereocenters. The molecule has 0 atom stereocenters. The minimum absolute atomic E-state index is 0.150. The van der Waals surface area contributed by atoms with Crippen molar-refractivity contribution in [2.75, 3.05) is 32.2 Å². The number of hydrogen-bond donors (Lipinski definition) is 2. The molecule has 2 rings (SSSR count). The van der Waals surface area contributed by atoms with E-state index in [0.717, 1.165) is 6.42 Å². The molecule has 0 aliphatic rings. The van der Waals surface area contributed by atoms with E-state index >= 15 is 0 Å². The molecular formula is C21H24N2O5S. The topological polar surface area (TPSA) is 85.9 Å². The number of nitrogens with one attached hydrogen (secondary N) is 2. The molecule has 0 aromatic heterocycles. The van der Waals surface area contributed by atoms with Gasteiger partial charge in [-0.25, -0.2) is 4.79 Å². The Labute approximate surface area is 175 Å². The van der Waals surface area contributed by atoms with Crippen LogP contribution in [0.4, 0.5) is 5.69 Å². The highest BCUT2D eigenvalue weighted by Crippen LogP contribution is 2.13. The van der Waals surface area contributed by atoms with Crippen LogP contribution < -0.4 is 15.4 Å². The zero-order valence-electron chi connectivity index (χ0n) is 16.4. The average Bonchev–Trinajstić information content (AvgIpc) is 2.73. The summed E-state index contributed by atoms with van der Waals surface area (Å²) in [6, 6.07) is 13.4. The molecule has 2 N–H and O–H groups in total. The van der Waals surface area contributed by atoms with Gasteiger partial charge >= 0.3 is 5.97 Å². The summed E-state index contributed by atoms with van der Waals surface area (Å²) in [5, 5.41) is 5.67. The number of carbonyl (C=O) groups excluding carboxylic acids is 2. The molecule has 0 saturated heterocycles. The molecule has 0 radical (unpaired) electrons. The lowest BCUT2D eigenvalue weighted by Gasteiger charge is -2.11. The van der Waals surface area contributed by atoms with Gasteiger partial charge in [-0.3, -0.25) is 10.1 Å². The van der Waals surface area contributed by atoms with E-state index in [0.29, 0.717) is 42.4 Å². The van der Waals surface area contributed by atoms with E-state index in [9.17, 15) is 9.59 Å². The molecule has 0 fully saturated rings. The third-order valence-electron chi connectivity index (χ3n) is 3.72. The maximum absolute atomic E-state index is 12.3. The van der Waals surface area contributed by atoms with Crippen LogP contribution in [0.2, 0.25) is 0 Å². The Morgan fingerprint density at radius 2 is 1.59 bits per heavy atom. The third kappa shape index (κ3) is 7.52. The zero-order valence-corrected chi connectivity index (χ0v) is 17.2. The first-order valence-electron chi connectivity index (χ1n) is 9.14. The van der Waals surface area contributed by atoms with Gasteiger partial charge < -0.3 is 19.5 Å². The van der Waals surface area contributed by atoms with E-state index in [-0.39, 0.29) is 17.0 Å². The van der Waals surface area contributed by atoms with Gasteiger partial charge in [0, 0.05) is 18.4 Å². The number of methoxy groups -OCH3 is 1. The molecule has 154 valence electrons. The second-order valence-electron chi connectivity index (χ2n) is 5.99. The van der Waals surface area contributed by atoms with E-state index in [4.69, 9.17) is 26.4 Å². The molecule has 0 heterocycles. The Morgan fingerprint density at radius 1 is 0.931 bits per heavy atom. The summed E-state index contributed by atoms with van der Waals surface area (Å²) in [7, 11) is 1.60. The van der Waals surface area contributed by atoms with Crippen LogP contribution in [0.25, 0.3) is 0 Å². The molecule has 0 aliphatic carbocycles. The van der Waals surface area contributed by atoms with Gasteiger partial charge in [0.2, 0.25) is 0 Å². The first-order valence-corrected chi connectivity index (χ1v) is 9.55. The molecular weight excluding hydrogens is 392 g/mol. The first kappa shape index (κ1) is 22.3. The summed E-state index contributed by atoms with van der Waals surface area (Å²) in [4.78, 5) is 24.1. The summed E-state index contributed by atoms with van der Waals surface area (Å²) < 4.78 is 15.5. The number of hydrogen-bond acceptors (Lipinski definition) is 6. The van der Waals surface area contributed by atoms with Gasteiger partial charge in [0.15, 0.2) is 5.11 Å². The summed E-state index contributed by atoms with van der Waals surface area (Å²) in [6.45, 7) is 3.24. The molecule has 0 spiro atoms. The Kier molecular flexibility index (Phi) is 9.07. The Morgan fingerprint density at radius 3 is 2.21 bits per heavy atom. The van der Waals surface area contributed by atoms with Crippen molar-refractivity contribution in [1.82, 2.24) is 5.32 Å². The predicted octanol–water partition coefficient (Wildman–Crippen LogP) is 3.41. The molecule has 2 aromatic carbocycles.